The van der Waals surface area contributed by atoms with Gasteiger partial charge in [0.05, 0.1) is 19.1 Å². The van der Waals surface area contributed by atoms with Crippen molar-refractivity contribution in [3.05, 3.63) is 53.6 Å². The Morgan fingerprint density at radius 1 is 1.03 bits per heavy atom. The van der Waals surface area contributed by atoms with E-state index in [9.17, 15) is 18.0 Å². The Balaban J connectivity index is 1.65. The Morgan fingerprint density at radius 2 is 1.66 bits per heavy atom. The number of carbonyl (C=O) groups excluding carboxylic acids is 2. The van der Waals surface area contributed by atoms with Crippen molar-refractivity contribution in [2.75, 3.05) is 27.3 Å². The number of ether oxygens (including phenoxy) is 2. The maximum absolute atomic E-state index is 13.2. The Bertz CT molecular complexity index is 1230. The summed E-state index contributed by atoms with van der Waals surface area (Å²) in [4.78, 5) is 25.3. The van der Waals surface area contributed by atoms with E-state index in [1.165, 1.54) is 25.4 Å². The largest absolute Gasteiger partial charge is 0.493 e. The van der Waals surface area contributed by atoms with E-state index in [0.717, 1.165) is 11.1 Å². The summed E-state index contributed by atoms with van der Waals surface area (Å²) >= 11 is 0. The monoisotopic (exact) mass is 545 g/mol. The van der Waals surface area contributed by atoms with Gasteiger partial charge in [-0.1, -0.05) is 45.0 Å². The molecule has 1 aliphatic heterocycles. The number of nitrogens with zero attached hydrogens (tertiary/aromatic N) is 1. The molecule has 3 rings (SSSR count). The third-order valence-corrected chi connectivity index (χ3v) is 8.67. The summed E-state index contributed by atoms with van der Waals surface area (Å²) in [5.74, 6) is 0.385. The van der Waals surface area contributed by atoms with E-state index in [-0.39, 0.29) is 34.6 Å². The van der Waals surface area contributed by atoms with E-state index in [2.05, 4.69) is 31.4 Å². The van der Waals surface area contributed by atoms with E-state index in [1.807, 2.05) is 18.2 Å². The number of benzene rings is 2. The number of rotatable bonds is 9. The van der Waals surface area contributed by atoms with Crippen LogP contribution in [-0.2, 0) is 31.4 Å². The highest BCUT2D eigenvalue weighted by atomic mass is 32.2. The van der Waals surface area contributed by atoms with Crippen LogP contribution in [0.5, 0.6) is 11.5 Å². The lowest BCUT2D eigenvalue weighted by Crippen LogP contribution is -2.53. The molecule has 1 saturated heterocycles. The minimum absolute atomic E-state index is 0.0638. The first kappa shape index (κ1) is 29.4. The summed E-state index contributed by atoms with van der Waals surface area (Å²) in [6.07, 6.45) is 1.16. The first-order chi connectivity index (χ1) is 17.9. The molecule has 0 spiro atoms. The lowest BCUT2D eigenvalue weighted by Gasteiger charge is -2.32. The maximum atomic E-state index is 13.2. The fourth-order valence-corrected chi connectivity index (χ4v) is 6.08. The van der Waals surface area contributed by atoms with Crippen LogP contribution in [0.3, 0.4) is 0 Å². The van der Waals surface area contributed by atoms with Gasteiger partial charge in [0.15, 0.2) is 11.5 Å². The first-order valence-corrected chi connectivity index (χ1v) is 14.2. The predicted octanol–water partition coefficient (Wildman–Crippen LogP) is 3.02. The lowest BCUT2D eigenvalue weighted by atomic mass is 9.87. The van der Waals surface area contributed by atoms with Gasteiger partial charge in [-0.15, -0.1) is 0 Å². The summed E-state index contributed by atoms with van der Waals surface area (Å²) in [7, 11) is -0.567. The molecule has 1 aliphatic rings. The molecular weight excluding hydrogens is 506 g/mol. The molecule has 0 aromatic heterocycles. The molecule has 2 N–H and O–H groups in total. The number of nitrogens with one attached hydrogen (secondary N) is 2. The number of amides is 2. The molecule has 1 heterocycles. The van der Waals surface area contributed by atoms with Crippen molar-refractivity contribution >= 4 is 21.8 Å². The molecule has 2 amide bonds. The van der Waals surface area contributed by atoms with Gasteiger partial charge in [-0.2, -0.15) is 4.31 Å². The first-order valence-electron chi connectivity index (χ1n) is 12.7. The van der Waals surface area contributed by atoms with Gasteiger partial charge in [-0.3, -0.25) is 9.59 Å². The summed E-state index contributed by atoms with van der Waals surface area (Å²) in [5, 5.41) is 5.72. The van der Waals surface area contributed by atoms with Crippen LogP contribution in [0.25, 0.3) is 0 Å². The molecule has 0 radical (unpaired) electrons. The second-order valence-electron chi connectivity index (χ2n) is 10.6. The number of sulfonamides is 1. The number of piperidine rings is 1. The summed E-state index contributed by atoms with van der Waals surface area (Å²) in [6.45, 7) is 8.20. The Hall–Kier alpha value is -3.11. The van der Waals surface area contributed by atoms with Crippen molar-refractivity contribution in [1.29, 1.82) is 0 Å². The van der Waals surface area contributed by atoms with Crippen LogP contribution in [-0.4, -0.2) is 63.9 Å². The number of para-hydroxylation sites is 1. The van der Waals surface area contributed by atoms with Gasteiger partial charge in [0.2, 0.25) is 21.8 Å². The molecule has 208 valence electrons. The zero-order valence-electron chi connectivity index (χ0n) is 23.0. The van der Waals surface area contributed by atoms with E-state index in [4.69, 9.17) is 9.47 Å². The highest BCUT2D eigenvalue weighted by molar-refractivity contribution is 7.89. The van der Waals surface area contributed by atoms with Crippen LogP contribution >= 0.6 is 0 Å². The van der Waals surface area contributed by atoms with Gasteiger partial charge < -0.3 is 20.1 Å². The third-order valence-electron chi connectivity index (χ3n) is 6.76. The van der Waals surface area contributed by atoms with Crippen LogP contribution < -0.4 is 20.1 Å². The predicted molar refractivity (Wildman–Crippen MR) is 146 cm³/mol. The second kappa shape index (κ2) is 12.2. The minimum atomic E-state index is -3.63. The maximum Gasteiger partial charge on any atom is 0.243 e. The Labute approximate surface area is 225 Å². The van der Waals surface area contributed by atoms with Gasteiger partial charge in [-0.05, 0) is 42.0 Å². The van der Waals surface area contributed by atoms with E-state index >= 15 is 0 Å². The molecule has 1 fully saturated rings. The van der Waals surface area contributed by atoms with E-state index < -0.39 is 16.1 Å². The second-order valence-corrected chi connectivity index (χ2v) is 12.5. The third kappa shape index (κ3) is 7.05. The van der Waals surface area contributed by atoms with Crippen LogP contribution in [0.1, 0.15) is 51.7 Å². The summed E-state index contributed by atoms with van der Waals surface area (Å²) in [5.41, 5.74) is 1.73. The van der Waals surface area contributed by atoms with Crippen LogP contribution in [0.2, 0.25) is 0 Å². The van der Waals surface area contributed by atoms with Crippen LogP contribution in [0.4, 0.5) is 0 Å². The van der Waals surface area contributed by atoms with Gasteiger partial charge in [0.25, 0.3) is 0 Å². The van der Waals surface area contributed by atoms with Crippen molar-refractivity contribution in [3.63, 3.8) is 0 Å². The molecular formula is C28H39N3O6S. The molecule has 38 heavy (non-hydrogen) atoms. The van der Waals surface area contributed by atoms with Gasteiger partial charge in [0.1, 0.15) is 6.04 Å². The van der Waals surface area contributed by atoms with Crippen molar-refractivity contribution in [2.45, 2.75) is 69.4 Å². The SMILES string of the molecule is COc1cccc(CC(NC(C)=O)C(=O)NC2CCN(S(=O)(=O)c3ccc(C(C)(C)C)cc3)CC2)c1OC. The quantitative estimate of drug-likeness (QED) is 0.501. The summed E-state index contributed by atoms with van der Waals surface area (Å²) < 4.78 is 38.7. The van der Waals surface area contributed by atoms with Gasteiger partial charge >= 0.3 is 0 Å². The number of carbonyl (C=O) groups is 2. The zero-order valence-corrected chi connectivity index (χ0v) is 23.9. The molecule has 0 aliphatic carbocycles. The Kier molecular flexibility index (Phi) is 9.43. The van der Waals surface area contributed by atoms with Crippen molar-refractivity contribution in [2.24, 2.45) is 0 Å². The molecule has 2 aromatic rings. The molecule has 1 unspecified atom stereocenters. The molecule has 0 saturated carbocycles. The standard InChI is InChI=1S/C28H39N3O6S/c1-19(32)29-24(18-20-8-7-9-25(36-5)26(20)37-6)27(33)30-22-14-16-31(17-15-22)38(34,35)23-12-10-21(11-13-23)28(2,3)4/h7-13,22,24H,14-18H2,1-6H3,(H,29,32)(H,30,33). The average molecular weight is 546 g/mol. The molecule has 9 nitrogen and oxygen atoms in total. The van der Waals surface area contributed by atoms with Crippen LogP contribution in [0.15, 0.2) is 47.4 Å². The number of methoxy groups -OCH3 is 2. The van der Waals surface area contributed by atoms with Gasteiger partial charge in [0, 0.05) is 38.0 Å². The lowest BCUT2D eigenvalue weighted by molar-refractivity contribution is -0.128. The average Bonchev–Trinajstić information content (AvgIpc) is 2.87. The molecule has 1 atom stereocenters. The smallest absolute Gasteiger partial charge is 0.243 e. The normalized spacial score (nSPS) is 15.9. The van der Waals surface area contributed by atoms with E-state index in [0.29, 0.717) is 37.4 Å². The molecule has 0 bridgehead atoms. The number of hydrogen-bond acceptors (Lipinski definition) is 6. The van der Waals surface area contributed by atoms with Crippen molar-refractivity contribution in [3.8, 4) is 11.5 Å². The summed E-state index contributed by atoms with van der Waals surface area (Å²) in [6, 6.07) is 11.4. The fraction of sp³-hybridized carbons (Fsp3) is 0.500. The van der Waals surface area contributed by atoms with Crippen molar-refractivity contribution in [1.82, 2.24) is 14.9 Å². The highest BCUT2D eigenvalue weighted by Gasteiger charge is 2.32. The topological polar surface area (TPSA) is 114 Å². The fourth-order valence-electron chi connectivity index (χ4n) is 4.61. The highest BCUT2D eigenvalue weighted by Crippen LogP contribution is 2.31. The Morgan fingerprint density at radius 3 is 2.18 bits per heavy atom. The van der Waals surface area contributed by atoms with Crippen molar-refractivity contribution < 1.29 is 27.5 Å². The van der Waals surface area contributed by atoms with E-state index in [1.54, 1.807) is 24.3 Å². The van der Waals surface area contributed by atoms with Gasteiger partial charge in [-0.25, -0.2) is 8.42 Å². The number of hydrogen-bond donors (Lipinski definition) is 2. The molecule has 2 aromatic carbocycles. The van der Waals surface area contributed by atoms with Crippen LogP contribution in [0, 0.1) is 0 Å². The minimum Gasteiger partial charge on any atom is -0.493 e. The molecule has 10 heteroatoms. The zero-order chi connectivity index (χ0) is 28.1.